The van der Waals surface area contributed by atoms with Gasteiger partial charge in [0.1, 0.15) is 30.0 Å². The molecule has 10 heteroatoms. The van der Waals surface area contributed by atoms with Crippen LogP contribution in [0.3, 0.4) is 0 Å². The van der Waals surface area contributed by atoms with Crippen LogP contribution in [0.15, 0.2) is 49.2 Å². The van der Waals surface area contributed by atoms with E-state index in [2.05, 4.69) is 25.3 Å². The molecule has 0 spiro atoms. The van der Waals surface area contributed by atoms with Gasteiger partial charge in [0, 0.05) is 18.4 Å². The van der Waals surface area contributed by atoms with E-state index in [1.807, 2.05) is 34.3 Å². The van der Waals surface area contributed by atoms with E-state index >= 15 is 4.39 Å². The van der Waals surface area contributed by atoms with E-state index in [0.29, 0.717) is 17.2 Å². The minimum Gasteiger partial charge on any atom is -0.358 e. The SMILES string of the molecule is CC(Nc1ncnc2c1ncn2C1CCCCO1)c1nc2ccc(F)c(C3CC3)c2n1-c1ccccn1. The molecule has 1 aromatic carbocycles. The third kappa shape index (κ3) is 3.83. The molecule has 5 aromatic rings. The summed E-state index contributed by atoms with van der Waals surface area (Å²) in [7, 11) is 0. The van der Waals surface area contributed by atoms with Crippen molar-refractivity contribution in [2.45, 2.75) is 57.2 Å². The first-order valence-electron chi connectivity index (χ1n) is 12.9. The molecule has 1 N–H and O–H groups in total. The molecule has 2 unspecified atom stereocenters. The molecule has 5 heterocycles. The van der Waals surface area contributed by atoms with Crippen LogP contribution in [-0.2, 0) is 4.74 Å². The van der Waals surface area contributed by atoms with Crippen molar-refractivity contribution in [3.8, 4) is 5.82 Å². The Morgan fingerprint density at radius 3 is 2.76 bits per heavy atom. The molecule has 1 saturated heterocycles. The lowest BCUT2D eigenvalue weighted by molar-refractivity contribution is -0.0298. The zero-order chi connectivity index (χ0) is 24.9. The average molecular weight is 499 g/mol. The molecular formula is C27H27FN8O. The molecule has 0 amide bonds. The van der Waals surface area contributed by atoms with Crippen LogP contribution < -0.4 is 5.32 Å². The topological polar surface area (TPSA) is 95.6 Å². The maximum Gasteiger partial charge on any atom is 0.167 e. The van der Waals surface area contributed by atoms with Gasteiger partial charge in [0.25, 0.3) is 0 Å². The highest BCUT2D eigenvalue weighted by Gasteiger charge is 2.32. The predicted molar refractivity (Wildman–Crippen MR) is 137 cm³/mol. The number of nitrogens with one attached hydrogen (secondary N) is 1. The molecule has 1 aliphatic carbocycles. The summed E-state index contributed by atoms with van der Waals surface area (Å²) in [4.78, 5) is 23.2. The smallest absolute Gasteiger partial charge is 0.167 e. The number of benzene rings is 1. The van der Waals surface area contributed by atoms with Crippen molar-refractivity contribution >= 4 is 28.0 Å². The summed E-state index contributed by atoms with van der Waals surface area (Å²) in [5.41, 5.74) is 3.67. The summed E-state index contributed by atoms with van der Waals surface area (Å²) in [5, 5.41) is 3.49. The molecular weight excluding hydrogens is 471 g/mol. The molecule has 1 aliphatic heterocycles. The van der Waals surface area contributed by atoms with Gasteiger partial charge in [-0.25, -0.2) is 29.3 Å². The molecule has 1 saturated carbocycles. The van der Waals surface area contributed by atoms with Crippen LogP contribution in [0.2, 0.25) is 0 Å². The van der Waals surface area contributed by atoms with Gasteiger partial charge in [-0.1, -0.05) is 6.07 Å². The van der Waals surface area contributed by atoms with Gasteiger partial charge < -0.3 is 10.1 Å². The van der Waals surface area contributed by atoms with Gasteiger partial charge in [0.2, 0.25) is 0 Å². The summed E-state index contributed by atoms with van der Waals surface area (Å²) >= 11 is 0. The Morgan fingerprint density at radius 1 is 1.05 bits per heavy atom. The standard InChI is InChI=1S/C27H27FN8O/c1-16(33-25-23-27(31-14-30-25)35(15-32-23)21-7-3-5-13-37-21)26-34-19-11-10-18(28)22(17-8-9-17)24(19)36(26)20-6-2-4-12-29-20/h2,4,6,10-12,14-17,21H,3,5,7-9,13H2,1H3,(H,30,31,33). The number of ether oxygens (including phenoxy) is 1. The summed E-state index contributed by atoms with van der Waals surface area (Å²) in [6, 6.07) is 8.73. The Hall–Kier alpha value is -3.92. The molecule has 37 heavy (non-hydrogen) atoms. The lowest BCUT2D eigenvalue weighted by atomic mass is 10.1. The molecule has 4 aromatic heterocycles. The van der Waals surface area contributed by atoms with Crippen LogP contribution in [0, 0.1) is 5.82 Å². The molecule has 2 aliphatic rings. The molecule has 7 rings (SSSR count). The van der Waals surface area contributed by atoms with Crippen molar-refractivity contribution < 1.29 is 9.13 Å². The molecule has 188 valence electrons. The third-order valence-corrected chi connectivity index (χ3v) is 7.26. The fourth-order valence-corrected chi connectivity index (χ4v) is 5.33. The lowest BCUT2D eigenvalue weighted by Gasteiger charge is -2.23. The van der Waals surface area contributed by atoms with Crippen molar-refractivity contribution in [3.63, 3.8) is 0 Å². The number of hydrogen-bond donors (Lipinski definition) is 1. The summed E-state index contributed by atoms with van der Waals surface area (Å²) in [6.07, 6.45) is 10.1. The number of pyridine rings is 1. The highest BCUT2D eigenvalue weighted by Crippen LogP contribution is 2.45. The fraction of sp³-hybridized carbons (Fsp3) is 0.370. The Kier molecular flexibility index (Phi) is 5.35. The van der Waals surface area contributed by atoms with Crippen LogP contribution in [-0.4, -0.2) is 40.7 Å². The third-order valence-electron chi connectivity index (χ3n) is 7.26. The van der Waals surface area contributed by atoms with E-state index in [1.165, 1.54) is 6.07 Å². The van der Waals surface area contributed by atoms with Crippen molar-refractivity contribution in [1.29, 1.82) is 0 Å². The van der Waals surface area contributed by atoms with E-state index in [4.69, 9.17) is 9.72 Å². The van der Waals surface area contributed by atoms with Gasteiger partial charge in [-0.2, -0.15) is 0 Å². The monoisotopic (exact) mass is 498 g/mol. The van der Waals surface area contributed by atoms with Gasteiger partial charge in [-0.05, 0) is 69.2 Å². The van der Waals surface area contributed by atoms with Crippen molar-refractivity contribution in [2.24, 2.45) is 0 Å². The summed E-state index contributed by atoms with van der Waals surface area (Å²) in [5.74, 6) is 2.06. The number of nitrogens with zero attached hydrogens (tertiary/aromatic N) is 7. The van der Waals surface area contributed by atoms with E-state index < -0.39 is 0 Å². The second-order valence-electron chi connectivity index (χ2n) is 9.83. The Labute approximate surface area is 212 Å². The normalized spacial score (nSPS) is 18.9. The average Bonchev–Trinajstić information content (AvgIpc) is 3.55. The maximum absolute atomic E-state index is 15.1. The summed E-state index contributed by atoms with van der Waals surface area (Å²) in [6.45, 7) is 2.76. The van der Waals surface area contributed by atoms with Crippen molar-refractivity contribution in [3.05, 3.63) is 66.4 Å². The molecule has 0 radical (unpaired) electrons. The molecule has 2 atom stereocenters. The lowest BCUT2D eigenvalue weighted by Crippen LogP contribution is -2.18. The largest absolute Gasteiger partial charge is 0.358 e. The highest BCUT2D eigenvalue weighted by atomic mass is 19.1. The first-order chi connectivity index (χ1) is 18.2. The number of aromatic nitrogens is 7. The first kappa shape index (κ1) is 22.3. The number of rotatable bonds is 6. The number of imidazole rings is 2. The number of hydrogen-bond acceptors (Lipinski definition) is 7. The van der Waals surface area contributed by atoms with Crippen molar-refractivity contribution in [2.75, 3.05) is 11.9 Å². The van der Waals surface area contributed by atoms with Crippen LogP contribution in [0.4, 0.5) is 10.2 Å². The maximum atomic E-state index is 15.1. The minimum atomic E-state index is -0.279. The van der Waals surface area contributed by atoms with E-state index in [9.17, 15) is 0 Å². The Morgan fingerprint density at radius 2 is 1.97 bits per heavy atom. The second-order valence-corrected chi connectivity index (χ2v) is 9.83. The predicted octanol–water partition coefficient (Wildman–Crippen LogP) is 5.45. The zero-order valence-corrected chi connectivity index (χ0v) is 20.5. The van der Waals surface area contributed by atoms with Gasteiger partial charge in [0.15, 0.2) is 17.0 Å². The van der Waals surface area contributed by atoms with Gasteiger partial charge in [0.05, 0.1) is 23.4 Å². The van der Waals surface area contributed by atoms with Crippen molar-refractivity contribution in [1.82, 2.24) is 34.1 Å². The van der Waals surface area contributed by atoms with Crippen LogP contribution in [0.1, 0.15) is 68.6 Å². The first-order valence-corrected chi connectivity index (χ1v) is 12.9. The van der Waals surface area contributed by atoms with Crippen LogP contribution in [0.5, 0.6) is 0 Å². The quantitative estimate of drug-likeness (QED) is 0.333. The molecule has 2 fully saturated rings. The van der Waals surface area contributed by atoms with Crippen LogP contribution in [0.25, 0.3) is 28.0 Å². The number of halogens is 1. The number of anilines is 1. The molecule has 0 bridgehead atoms. The number of fused-ring (bicyclic) bond motifs is 2. The second kappa shape index (κ2) is 8.88. The Balaban J connectivity index is 1.32. The minimum absolute atomic E-state index is 0.0667. The zero-order valence-electron chi connectivity index (χ0n) is 20.5. The summed E-state index contributed by atoms with van der Waals surface area (Å²) < 4.78 is 25.0. The van der Waals surface area contributed by atoms with Gasteiger partial charge >= 0.3 is 0 Å². The fourth-order valence-electron chi connectivity index (χ4n) is 5.33. The molecule has 9 nitrogen and oxygen atoms in total. The van der Waals surface area contributed by atoms with E-state index in [1.54, 1.807) is 24.9 Å². The van der Waals surface area contributed by atoms with Gasteiger partial charge in [-0.15, -0.1) is 0 Å². The Bertz CT molecular complexity index is 1590. The van der Waals surface area contributed by atoms with Gasteiger partial charge in [-0.3, -0.25) is 9.13 Å². The van der Waals surface area contributed by atoms with Crippen LogP contribution >= 0.6 is 0 Å². The van der Waals surface area contributed by atoms with E-state index in [-0.39, 0.29) is 24.0 Å². The van der Waals surface area contributed by atoms with E-state index in [0.717, 1.165) is 66.8 Å². The highest BCUT2D eigenvalue weighted by molar-refractivity contribution is 5.84.